The largest absolute Gasteiger partial charge is 0.481 e. The van der Waals surface area contributed by atoms with Crippen molar-refractivity contribution >= 4 is 23.8 Å². The van der Waals surface area contributed by atoms with Crippen LogP contribution in [0.15, 0.2) is 29.2 Å². The van der Waals surface area contributed by atoms with Gasteiger partial charge in [-0.05, 0) is 43.2 Å². The average Bonchev–Trinajstić information content (AvgIpc) is 2.54. The SMILES string of the molecule is CSc1ccc([C@@H](C)NC(=O)N2CC(C)CC(C(=O)O)C2)cc1. The molecule has 0 radical (unpaired) electrons. The zero-order valence-corrected chi connectivity index (χ0v) is 14.6. The number of nitrogens with one attached hydrogen (secondary N) is 1. The molecule has 2 rings (SSSR count). The van der Waals surface area contributed by atoms with Crippen LogP contribution in [0.25, 0.3) is 0 Å². The van der Waals surface area contributed by atoms with Crippen molar-refractivity contribution < 1.29 is 14.7 Å². The van der Waals surface area contributed by atoms with E-state index in [0.29, 0.717) is 13.0 Å². The van der Waals surface area contributed by atoms with E-state index in [2.05, 4.69) is 5.32 Å². The van der Waals surface area contributed by atoms with Gasteiger partial charge in [-0.2, -0.15) is 0 Å². The highest BCUT2D eigenvalue weighted by Crippen LogP contribution is 2.23. The fourth-order valence-corrected chi connectivity index (χ4v) is 3.36. The van der Waals surface area contributed by atoms with Gasteiger partial charge in [0.25, 0.3) is 0 Å². The van der Waals surface area contributed by atoms with Crippen molar-refractivity contribution in [1.82, 2.24) is 10.2 Å². The molecule has 126 valence electrons. The van der Waals surface area contributed by atoms with Gasteiger partial charge in [-0.3, -0.25) is 4.79 Å². The smallest absolute Gasteiger partial charge is 0.317 e. The van der Waals surface area contributed by atoms with Crippen molar-refractivity contribution in [2.24, 2.45) is 11.8 Å². The second-order valence-corrected chi connectivity index (χ2v) is 7.11. The summed E-state index contributed by atoms with van der Waals surface area (Å²) in [7, 11) is 0. The predicted octanol–water partition coefficient (Wildman–Crippen LogP) is 3.22. The number of carboxylic acid groups (broad SMARTS) is 1. The van der Waals surface area contributed by atoms with E-state index in [1.54, 1.807) is 16.7 Å². The van der Waals surface area contributed by atoms with Crippen LogP contribution in [0.1, 0.15) is 31.9 Å². The van der Waals surface area contributed by atoms with Crippen LogP contribution in [0.4, 0.5) is 4.79 Å². The number of amides is 2. The lowest BCUT2D eigenvalue weighted by atomic mass is 9.91. The van der Waals surface area contributed by atoms with Crippen molar-refractivity contribution in [3.63, 3.8) is 0 Å². The number of urea groups is 1. The standard InChI is InChI=1S/C17H24N2O3S/c1-11-8-14(16(20)21)10-19(9-11)17(22)18-12(2)13-4-6-15(23-3)7-5-13/h4-7,11-12,14H,8-10H2,1-3H3,(H,18,22)(H,20,21)/t11?,12-,14?/m1/s1. The Bertz CT molecular complexity index is 561. The first-order chi connectivity index (χ1) is 10.9. The summed E-state index contributed by atoms with van der Waals surface area (Å²) in [4.78, 5) is 26.5. The third-order valence-corrected chi connectivity index (χ3v) is 5.00. The fourth-order valence-electron chi connectivity index (χ4n) is 2.95. The second-order valence-electron chi connectivity index (χ2n) is 6.23. The van der Waals surface area contributed by atoms with Gasteiger partial charge < -0.3 is 15.3 Å². The van der Waals surface area contributed by atoms with Crippen LogP contribution in [0, 0.1) is 11.8 Å². The number of rotatable bonds is 4. The lowest BCUT2D eigenvalue weighted by molar-refractivity contribution is -0.143. The van der Waals surface area contributed by atoms with E-state index in [1.807, 2.05) is 44.4 Å². The number of likely N-dealkylation sites (tertiary alicyclic amines) is 1. The van der Waals surface area contributed by atoms with Crippen LogP contribution in [0.2, 0.25) is 0 Å². The number of carbonyl (C=O) groups is 2. The Balaban J connectivity index is 1.98. The Kier molecular flexibility index (Phi) is 5.93. The highest BCUT2D eigenvalue weighted by atomic mass is 32.2. The third-order valence-electron chi connectivity index (χ3n) is 4.25. The molecule has 1 aromatic carbocycles. The van der Waals surface area contributed by atoms with Crippen LogP contribution in [0.5, 0.6) is 0 Å². The van der Waals surface area contributed by atoms with Gasteiger partial charge in [0.1, 0.15) is 0 Å². The zero-order valence-electron chi connectivity index (χ0n) is 13.8. The molecule has 1 aliphatic rings. The highest BCUT2D eigenvalue weighted by molar-refractivity contribution is 7.98. The Morgan fingerprint density at radius 3 is 2.52 bits per heavy atom. The molecule has 1 aromatic rings. The van der Waals surface area contributed by atoms with Crippen LogP contribution in [-0.4, -0.2) is 41.4 Å². The van der Waals surface area contributed by atoms with Crippen molar-refractivity contribution in [2.45, 2.75) is 31.2 Å². The molecule has 1 aliphatic heterocycles. The van der Waals surface area contributed by atoms with Crippen LogP contribution in [0.3, 0.4) is 0 Å². The Morgan fingerprint density at radius 2 is 1.96 bits per heavy atom. The van der Waals surface area contributed by atoms with Gasteiger partial charge in [0.2, 0.25) is 0 Å². The maximum absolute atomic E-state index is 12.4. The normalized spacial score (nSPS) is 22.5. The van der Waals surface area contributed by atoms with E-state index in [1.165, 1.54) is 4.90 Å². The number of carboxylic acids is 1. The molecular weight excluding hydrogens is 312 g/mol. The van der Waals surface area contributed by atoms with Gasteiger partial charge in [-0.1, -0.05) is 19.1 Å². The summed E-state index contributed by atoms with van der Waals surface area (Å²) < 4.78 is 0. The summed E-state index contributed by atoms with van der Waals surface area (Å²) in [5.74, 6) is -1.09. The monoisotopic (exact) mass is 336 g/mol. The lowest BCUT2D eigenvalue weighted by Gasteiger charge is -2.35. The molecule has 0 bridgehead atoms. The zero-order chi connectivity index (χ0) is 17.0. The first kappa shape index (κ1) is 17.7. The van der Waals surface area contributed by atoms with E-state index < -0.39 is 11.9 Å². The molecule has 3 atom stereocenters. The minimum Gasteiger partial charge on any atom is -0.481 e. The molecule has 23 heavy (non-hydrogen) atoms. The second kappa shape index (κ2) is 7.73. The number of thioether (sulfide) groups is 1. The first-order valence-electron chi connectivity index (χ1n) is 7.83. The van der Waals surface area contributed by atoms with E-state index in [4.69, 9.17) is 0 Å². The maximum Gasteiger partial charge on any atom is 0.317 e. The summed E-state index contributed by atoms with van der Waals surface area (Å²) >= 11 is 1.68. The molecule has 0 aromatic heterocycles. The topological polar surface area (TPSA) is 69.6 Å². The highest BCUT2D eigenvalue weighted by Gasteiger charge is 2.32. The number of hydrogen-bond acceptors (Lipinski definition) is 3. The summed E-state index contributed by atoms with van der Waals surface area (Å²) in [6.45, 7) is 4.81. The van der Waals surface area contributed by atoms with Crippen LogP contribution < -0.4 is 5.32 Å². The van der Waals surface area contributed by atoms with Gasteiger partial charge >= 0.3 is 12.0 Å². The minimum atomic E-state index is -0.824. The molecule has 1 fully saturated rings. The molecule has 2 unspecified atom stereocenters. The molecule has 1 saturated heterocycles. The number of benzene rings is 1. The summed E-state index contributed by atoms with van der Waals surface area (Å²) in [5.41, 5.74) is 1.04. The number of aliphatic carboxylic acids is 1. The Morgan fingerprint density at radius 1 is 1.30 bits per heavy atom. The minimum absolute atomic E-state index is 0.112. The molecule has 0 spiro atoms. The predicted molar refractivity (Wildman–Crippen MR) is 91.6 cm³/mol. The average molecular weight is 336 g/mol. The fraction of sp³-hybridized carbons (Fsp3) is 0.529. The van der Waals surface area contributed by atoms with Gasteiger partial charge in [0.05, 0.1) is 12.0 Å². The van der Waals surface area contributed by atoms with E-state index >= 15 is 0 Å². The van der Waals surface area contributed by atoms with Gasteiger partial charge in [0.15, 0.2) is 0 Å². The van der Waals surface area contributed by atoms with E-state index in [-0.39, 0.29) is 24.5 Å². The number of nitrogens with zero attached hydrogens (tertiary/aromatic N) is 1. The quantitative estimate of drug-likeness (QED) is 0.828. The van der Waals surface area contributed by atoms with Gasteiger partial charge in [0, 0.05) is 18.0 Å². The van der Waals surface area contributed by atoms with Crippen LogP contribution >= 0.6 is 11.8 Å². The Hall–Kier alpha value is -1.69. The molecule has 6 heteroatoms. The molecule has 5 nitrogen and oxygen atoms in total. The molecule has 2 amide bonds. The lowest BCUT2D eigenvalue weighted by Crippen LogP contribution is -2.49. The third kappa shape index (κ3) is 4.64. The van der Waals surface area contributed by atoms with Crippen molar-refractivity contribution in [3.05, 3.63) is 29.8 Å². The number of piperidine rings is 1. The maximum atomic E-state index is 12.4. The first-order valence-corrected chi connectivity index (χ1v) is 9.05. The summed E-state index contributed by atoms with van der Waals surface area (Å²) in [6, 6.07) is 7.78. The van der Waals surface area contributed by atoms with Crippen LogP contribution in [-0.2, 0) is 4.79 Å². The summed E-state index contributed by atoms with van der Waals surface area (Å²) in [5, 5.41) is 12.2. The number of carbonyl (C=O) groups excluding carboxylic acids is 1. The molecule has 0 saturated carbocycles. The van der Waals surface area contributed by atoms with Gasteiger partial charge in [-0.25, -0.2) is 4.79 Å². The molecule has 1 heterocycles. The van der Waals surface area contributed by atoms with Gasteiger partial charge in [-0.15, -0.1) is 11.8 Å². The van der Waals surface area contributed by atoms with Crippen molar-refractivity contribution in [1.29, 1.82) is 0 Å². The Labute approximate surface area is 141 Å². The van der Waals surface area contributed by atoms with E-state index in [9.17, 15) is 14.7 Å². The molecule has 0 aliphatic carbocycles. The number of hydrogen-bond donors (Lipinski definition) is 2. The molecular formula is C17H24N2O3S. The van der Waals surface area contributed by atoms with Crippen molar-refractivity contribution in [3.8, 4) is 0 Å². The summed E-state index contributed by atoms with van der Waals surface area (Å²) in [6.07, 6.45) is 2.65. The van der Waals surface area contributed by atoms with E-state index in [0.717, 1.165) is 5.56 Å². The molecule has 2 N–H and O–H groups in total. The van der Waals surface area contributed by atoms with Crippen molar-refractivity contribution in [2.75, 3.05) is 19.3 Å².